The van der Waals surface area contributed by atoms with Crippen molar-refractivity contribution < 1.29 is 51.1 Å². The maximum Gasteiger partial charge on any atom is 0.798 e. The molecule has 0 bridgehead atoms. The predicted molar refractivity (Wildman–Crippen MR) is 155 cm³/mol. The Balaban J connectivity index is 1.30. The fourth-order valence-electron chi connectivity index (χ4n) is 4.59. The van der Waals surface area contributed by atoms with Crippen LogP contribution in [-0.2, 0) is 40.8 Å². The van der Waals surface area contributed by atoms with Crippen LogP contribution in [0.1, 0.15) is 23.6 Å². The standard InChI is InChI=1S/C20H22N10O15P3/c1-7-3-29(19(35)23-15(7)33)17-13(31)11(25-27-21)9(42-17)5-40-46(37)44-48(39)45-47(38)41-6-10-12(26-28-22)14(32)18(43-10)30-4-8(2)16(34)24-20(30)36/h3-4,9-14,17-18,31-32H,5-6H2,1-2H3/q+1/p+2/t9-,10+,11-,12+,13-,14+,17-,18+. The number of aliphatic hydroxyl groups is 2. The summed E-state index contributed by atoms with van der Waals surface area (Å²) in [4.78, 5) is 57.0. The first-order chi connectivity index (χ1) is 22.7. The van der Waals surface area contributed by atoms with Gasteiger partial charge < -0.3 is 19.7 Å². The topological polar surface area (TPSA) is 354 Å². The number of nitrogens with zero attached hydrogens (tertiary/aromatic N) is 8. The number of azide groups is 2. The maximum absolute atomic E-state index is 12.2. The van der Waals surface area contributed by atoms with Crippen molar-refractivity contribution in [3.8, 4) is 0 Å². The number of ether oxygens (including phenoxy) is 2. The van der Waals surface area contributed by atoms with Crippen LogP contribution in [0.3, 0.4) is 0 Å². The van der Waals surface area contributed by atoms with Crippen LogP contribution in [0, 0.1) is 13.8 Å². The monoisotopic (exact) mass is 737 g/mol. The molecule has 4 heterocycles. The first-order valence-corrected chi connectivity index (χ1v) is 16.5. The van der Waals surface area contributed by atoms with Gasteiger partial charge in [-0.25, -0.2) is 9.59 Å². The molecule has 2 aliphatic heterocycles. The second kappa shape index (κ2) is 15.9. The molecule has 0 aromatic carbocycles. The summed E-state index contributed by atoms with van der Waals surface area (Å²) in [6.07, 6.45) is -6.62. The summed E-state index contributed by atoms with van der Waals surface area (Å²) in [5, 5.41) is 28.0. The second-order valence-corrected chi connectivity index (χ2v) is 13.0. The summed E-state index contributed by atoms with van der Waals surface area (Å²) in [5.41, 5.74) is 14.7. The number of aromatic amines is 2. The third kappa shape index (κ3) is 8.32. The van der Waals surface area contributed by atoms with E-state index in [0.717, 1.165) is 21.5 Å². The van der Waals surface area contributed by atoms with Crippen molar-refractivity contribution in [1.82, 2.24) is 19.1 Å². The van der Waals surface area contributed by atoms with Gasteiger partial charge in [-0.3, -0.25) is 28.7 Å². The molecule has 256 valence electrons. The van der Waals surface area contributed by atoms with Crippen molar-refractivity contribution >= 4 is 24.8 Å². The average Bonchev–Trinajstić information content (AvgIpc) is 3.50. The Morgan fingerprint density at radius 1 is 0.771 bits per heavy atom. The summed E-state index contributed by atoms with van der Waals surface area (Å²) in [6, 6.07) is -2.76. The SMILES string of the molecule is Cc1cn([C@@H]2O[C@H](CO[P+](=O)O[P+](=O)O[P+](=O)OC[C@@H]3O[C@H](n4cc(C)c(=O)[nH]c4=O)[C@@H](O)[C@H]3N=[N+]=[N-])[C@@H](N=[N+]=[N-])[C@H]2O)c(=O)[nH]c1=O. The zero-order valence-electron chi connectivity index (χ0n) is 24.3. The van der Waals surface area contributed by atoms with E-state index in [1.165, 1.54) is 13.8 Å². The van der Waals surface area contributed by atoms with Gasteiger partial charge in [0.25, 0.3) is 11.1 Å². The van der Waals surface area contributed by atoms with E-state index in [1.807, 2.05) is 9.97 Å². The van der Waals surface area contributed by atoms with E-state index in [1.54, 1.807) is 0 Å². The van der Waals surface area contributed by atoms with Gasteiger partial charge in [-0.05, 0) is 24.9 Å². The molecule has 3 unspecified atom stereocenters. The van der Waals surface area contributed by atoms with Gasteiger partial charge in [0.2, 0.25) is 0 Å². The van der Waals surface area contributed by atoms with Crippen LogP contribution in [0.4, 0.5) is 0 Å². The Kier molecular flexibility index (Phi) is 12.2. The normalized spacial score (nSPS) is 27.5. The smallest absolute Gasteiger partial charge is 0.388 e. The lowest BCUT2D eigenvalue weighted by Crippen LogP contribution is -2.38. The van der Waals surface area contributed by atoms with E-state index >= 15 is 0 Å². The molecule has 2 fully saturated rings. The lowest BCUT2D eigenvalue weighted by molar-refractivity contribution is -0.0507. The van der Waals surface area contributed by atoms with Gasteiger partial charge in [-0.15, -0.1) is 9.05 Å². The molecule has 48 heavy (non-hydrogen) atoms. The molecular weight excluding hydrogens is 713 g/mol. The lowest BCUT2D eigenvalue weighted by Gasteiger charge is -2.17. The molecule has 28 heteroatoms. The van der Waals surface area contributed by atoms with Gasteiger partial charge >= 0.3 is 36.1 Å². The van der Waals surface area contributed by atoms with Gasteiger partial charge in [0.15, 0.2) is 21.1 Å². The number of rotatable bonds is 14. The maximum atomic E-state index is 12.2. The van der Waals surface area contributed by atoms with Crippen LogP contribution in [0.2, 0.25) is 0 Å². The highest BCUT2D eigenvalue weighted by Gasteiger charge is 2.53. The minimum Gasteiger partial charge on any atom is -0.388 e. The van der Waals surface area contributed by atoms with Gasteiger partial charge in [-0.2, -0.15) is 0 Å². The molecule has 11 atom stereocenters. The average molecular weight is 737 g/mol. The molecule has 2 aromatic rings. The van der Waals surface area contributed by atoms with Crippen molar-refractivity contribution in [3.05, 3.63) is 86.1 Å². The fraction of sp³-hybridized carbons (Fsp3) is 0.600. The number of aromatic nitrogens is 4. The minimum atomic E-state index is -3.44. The van der Waals surface area contributed by atoms with Crippen molar-refractivity contribution in [2.75, 3.05) is 13.2 Å². The number of H-pyrrole nitrogens is 2. The quantitative estimate of drug-likeness (QED) is 0.0893. The zero-order valence-corrected chi connectivity index (χ0v) is 27.0. The Morgan fingerprint density at radius 3 is 1.50 bits per heavy atom. The summed E-state index contributed by atoms with van der Waals surface area (Å²) in [7, 11) is -10.0. The number of nitrogens with one attached hydrogen (secondary N) is 2. The minimum absolute atomic E-state index is 0.0961. The summed E-state index contributed by atoms with van der Waals surface area (Å²) < 4.78 is 68.2. The molecule has 2 saturated heterocycles. The molecule has 4 N–H and O–H groups in total. The fourth-order valence-corrected chi connectivity index (χ4v) is 6.76. The molecule has 2 aliphatic rings. The highest BCUT2D eigenvalue weighted by atomic mass is 31.2. The summed E-state index contributed by atoms with van der Waals surface area (Å²) >= 11 is 0. The van der Waals surface area contributed by atoms with Crippen molar-refractivity contribution in [3.63, 3.8) is 0 Å². The Labute approximate surface area is 267 Å². The Morgan fingerprint density at radius 2 is 1.15 bits per heavy atom. The van der Waals surface area contributed by atoms with Crippen LogP contribution in [0.5, 0.6) is 0 Å². The van der Waals surface area contributed by atoms with E-state index in [-0.39, 0.29) is 11.1 Å². The van der Waals surface area contributed by atoms with Crippen LogP contribution in [0.25, 0.3) is 20.9 Å². The van der Waals surface area contributed by atoms with Crippen LogP contribution in [-0.4, -0.2) is 79.0 Å². The molecule has 0 aliphatic carbocycles. The van der Waals surface area contributed by atoms with Gasteiger partial charge in [0, 0.05) is 47.0 Å². The van der Waals surface area contributed by atoms with Gasteiger partial charge in [0.05, 0.1) is 24.3 Å². The number of hydrogen-bond acceptors (Lipinski definition) is 17. The highest BCUT2D eigenvalue weighted by Crippen LogP contribution is 2.47. The number of aryl methyl sites for hydroxylation is 2. The van der Waals surface area contributed by atoms with Crippen LogP contribution < -0.4 is 22.5 Å². The summed E-state index contributed by atoms with van der Waals surface area (Å²) in [6.45, 7) is 1.34. The predicted octanol–water partition coefficient (Wildman–Crippen LogP) is 0.617. The molecule has 25 nitrogen and oxygen atoms in total. The van der Waals surface area contributed by atoms with Gasteiger partial charge in [-0.1, -0.05) is 10.2 Å². The van der Waals surface area contributed by atoms with Crippen molar-refractivity contribution in [2.45, 2.75) is 62.8 Å². The third-order valence-corrected chi connectivity index (χ3v) is 9.69. The first kappa shape index (κ1) is 36.8. The van der Waals surface area contributed by atoms with Crippen LogP contribution >= 0.6 is 24.8 Å². The molecule has 0 spiro atoms. The van der Waals surface area contributed by atoms with E-state index in [2.05, 4.69) is 28.7 Å². The van der Waals surface area contributed by atoms with Gasteiger partial charge in [0.1, 0.15) is 25.4 Å². The highest BCUT2D eigenvalue weighted by molar-refractivity contribution is 7.53. The molecule has 4 rings (SSSR count). The van der Waals surface area contributed by atoms with E-state index < -0.39 is 109 Å². The zero-order chi connectivity index (χ0) is 35.3. The molecule has 2 aromatic heterocycles. The lowest BCUT2D eigenvalue weighted by atomic mass is 10.1. The molecular formula is C20H24N10O15P3+3. The second-order valence-electron chi connectivity index (χ2n) is 9.89. The summed E-state index contributed by atoms with van der Waals surface area (Å²) in [5.74, 6) is 0. The largest absolute Gasteiger partial charge is 0.798 e. The number of aliphatic hydroxyl groups excluding tert-OH is 2. The van der Waals surface area contributed by atoms with Crippen LogP contribution in [0.15, 0.2) is 41.8 Å². The van der Waals surface area contributed by atoms with Crippen molar-refractivity contribution in [2.24, 2.45) is 10.2 Å². The van der Waals surface area contributed by atoms with E-state index in [0.29, 0.717) is 0 Å². The Hall–Kier alpha value is -4.04. The van der Waals surface area contributed by atoms with E-state index in [9.17, 15) is 43.1 Å². The first-order valence-electron chi connectivity index (χ1n) is 13.2. The third-order valence-electron chi connectivity index (χ3n) is 6.84. The van der Waals surface area contributed by atoms with E-state index in [4.69, 9.17) is 29.6 Å². The van der Waals surface area contributed by atoms with Crippen molar-refractivity contribution in [1.29, 1.82) is 0 Å². The number of hydrogen-bond donors (Lipinski definition) is 4. The molecule has 0 radical (unpaired) electrons. The molecule has 0 amide bonds. The Bertz CT molecular complexity index is 1800. The molecule has 0 saturated carbocycles.